The third-order valence-electron chi connectivity index (χ3n) is 5.65. The summed E-state index contributed by atoms with van der Waals surface area (Å²) in [4.78, 5) is 13.1. The molecule has 1 unspecified atom stereocenters. The Kier molecular flexibility index (Phi) is 5.86. The number of carbonyl (C=O) groups is 1. The topological polar surface area (TPSA) is 58.6 Å². The molecule has 0 aliphatic carbocycles. The summed E-state index contributed by atoms with van der Waals surface area (Å²) in [5.41, 5.74) is 5.00. The molecule has 0 fully saturated rings. The zero-order chi connectivity index (χ0) is 21.1. The summed E-state index contributed by atoms with van der Waals surface area (Å²) in [6, 6.07) is 21.8. The Hall–Kier alpha value is -3.11. The van der Waals surface area contributed by atoms with Gasteiger partial charge in [0.05, 0.1) is 6.10 Å². The number of benzene rings is 3. The van der Waals surface area contributed by atoms with E-state index in [-0.39, 0.29) is 17.9 Å². The molecule has 3 aromatic carbocycles. The van der Waals surface area contributed by atoms with Crippen molar-refractivity contribution in [1.29, 1.82) is 0 Å². The molecule has 30 heavy (non-hydrogen) atoms. The second kappa shape index (κ2) is 8.72. The number of ether oxygens (including phenoxy) is 1. The Balaban J connectivity index is 1.59. The second-order valence-corrected chi connectivity index (χ2v) is 7.98. The molecule has 4 heteroatoms. The average molecular weight is 402 g/mol. The Morgan fingerprint density at radius 3 is 2.27 bits per heavy atom. The molecule has 1 atom stereocenters. The van der Waals surface area contributed by atoms with E-state index >= 15 is 0 Å². The molecule has 154 valence electrons. The van der Waals surface area contributed by atoms with Crippen molar-refractivity contribution in [3.8, 4) is 11.5 Å². The van der Waals surface area contributed by atoms with E-state index in [2.05, 4.69) is 5.32 Å². The number of rotatable bonds is 6. The number of para-hydroxylation sites is 3. The highest BCUT2D eigenvalue weighted by atomic mass is 16.5. The van der Waals surface area contributed by atoms with Gasteiger partial charge in [0.1, 0.15) is 11.5 Å². The van der Waals surface area contributed by atoms with Crippen molar-refractivity contribution in [1.82, 2.24) is 0 Å². The van der Waals surface area contributed by atoms with Crippen LogP contribution in [0.25, 0.3) is 0 Å². The lowest BCUT2D eigenvalue weighted by atomic mass is 9.85. The molecule has 0 radical (unpaired) electrons. The summed E-state index contributed by atoms with van der Waals surface area (Å²) in [5, 5.41) is 12.8. The fraction of sp³-hybridized carbons (Fsp3) is 0.269. The molecule has 2 N–H and O–H groups in total. The van der Waals surface area contributed by atoms with Crippen LogP contribution in [-0.4, -0.2) is 17.1 Å². The molecule has 0 saturated carbocycles. The van der Waals surface area contributed by atoms with Crippen molar-refractivity contribution in [2.45, 2.75) is 45.1 Å². The monoisotopic (exact) mass is 401 g/mol. The van der Waals surface area contributed by atoms with E-state index in [1.54, 1.807) is 6.92 Å². The van der Waals surface area contributed by atoms with Crippen LogP contribution in [0.3, 0.4) is 0 Å². The standard InChI is InChI=1S/C26H27NO3/c1-17-8-7-9-19(15-14-18(2)28)26(17)27-25(29)16-22-20-10-3-5-12-23(20)30-24-13-6-4-11-21(22)24/h3-13,18,22,28H,14-16H2,1-2H3,(H,27,29). The van der Waals surface area contributed by atoms with Crippen LogP contribution in [-0.2, 0) is 11.2 Å². The smallest absolute Gasteiger partial charge is 0.225 e. The average Bonchev–Trinajstić information content (AvgIpc) is 2.74. The SMILES string of the molecule is Cc1cccc(CCC(C)O)c1NC(=O)CC1c2ccccc2Oc2ccccc21. The zero-order valence-corrected chi connectivity index (χ0v) is 17.4. The third kappa shape index (κ3) is 4.24. The highest BCUT2D eigenvalue weighted by Gasteiger charge is 2.29. The predicted octanol–water partition coefficient (Wildman–Crippen LogP) is 5.57. The number of aliphatic hydroxyl groups is 1. The maximum Gasteiger partial charge on any atom is 0.225 e. The number of anilines is 1. The van der Waals surface area contributed by atoms with Crippen LogP contribution in [0.5, 0.6) is 11.5 Å². The molecule has 0 saturated heterocycles. The van der Waals surface area contributed by atoms with E-state index in [0.717, 1.165) is 45.9 Å². The molecule has 1 aliphatic rings. The molecule has 4 nitrogen and oxygen atoms in total. The molecular formula is C26H27NO3. The van der Waals surface area contributed by atoms with Gasteiger partial charge in [-0.25, -0.2) is 0 Å². The van der Waals surface area contributed by atoms with E-state index < -0.39 is 0 Å². The van der Waals surface area contributed by atoms with Crippen molar-refractivity contribution >= 4 is 11.6 Å². The van der Waals surface area contributed by atoms with Crippen LogP contribution in [0, 0.1) is 6.92 Å². The van der Waals surface area contributed by atoms with Gasteiger partial charge >= 0.3 is 0 Å². The summed E-state index contributed by atoms with van der Waals surface area (Å²) in [6.07, 6.45) is 1.34. The van der Waals surface area contributed by atoms with Crippen molar-refractivity contribution in [2.75, 3.05) is 5.32 Å². The van der Waals surface area contributed by atoms with E-state index in [0.29, 0.717) is 12.8 Å². The minimum absolute atomic E-state index is 0.0286. The Labute approximate surface area is 177 Å². The van der Waals surface area contributed by atoms with Gasteiger partial charge in [-0.3, -0.25) is 4.79 Å². The van der Waals surface area contributed by atoms with Gasteiger partial charge in [-0.05, 0) is 49.9 Å². The first kappa shape index (κ1) is 20.2. The summed E-state index contributed by atoms with van der Waals surface area (Å²) < 4.78 is 6.04. The van der Waals surface area contributed by atoms with Crippen molar-refractivity contribution in [3.05, 3.63) is 89.0 Å². The highest BCUT2D eigenvalue weighted by molar-refractivity contribution is 5.93. The second-order valence-electron chi connectivity index (χ2n) is 7.98. The van der Waals surface area contributed by atoms with Crippen LogP contribution in [0.1, 0.15) is 47.9 Å². The number of nitrogens with one attached hydrogen (secondary N) is 1. The number of aryl methyl sites for hydroxylation is 2. The first-order valence-electron chi connectivity index (χ1n) is 10.4. The number of fused-ring (bicyclic) bond motifs is 2. The highest BCUT2D eigenvalue weighted by Crippen LogP contribution is 2.45. The van der Waals surface area contributed by atoms with E-state index in [4.69, 9.17) is 4.74 Å². The number of hydrogen-bond donors (Lipinski definition) is 2. The van der Waals surface area contributed by atoms with Crippen LogP contribution < -0.4 is 10.1 Å². The molecule has 1 aliphatic heterocycles. The molecule has 3 aromatic rings. The van der Waals surface area contributed by atoms with Gasteiger partial charge in [0, 0.05) is 29.2 Å². The Bertz CT molecular complexity index is 1010. The van der Waals surface area contributed by atoms with Crippen molar-refractivity contribution < 1.29 is 14.6 Å². The number of amides is 1. The van der Waals surface area contributed by atoms with E-state index in [9.17, 15) is 9.90 Å². The fourth-order valence-corrected chi connectivity index (χ4v) is 4.08. The van der Waals surface area contributed by atoms with Gasteiger partial charge in [0.2, 0.25) is 5.91 Å². The summed E-state index contributed by atoms with van der Waals surface area (Å²) in [7, 11) is 0. The van der Waals surface area contributed by atoms with Crippen LogP contribution in [0.4, 0.5) is 5.69 Å². The fourth-order valence-electron chi connectivity index (χ4n) is 4.08. The predicted molar refractivity (Wildman–Crippen MR) is 119 cm³/mol. The molecule has 4 rings (SSSR count). The van der Waals surface area contributed by atoms with Crippen LogP contribution in [0.2, 0.25) is 0 Å². The van der Waals surface area contributed by atoms with Gasteiger partial charge in [0.25, 0.3) is 0 Å². The summed E-state index contributed by atoms with van der Waals surface area (Å²) in [5.74, 6) is 1.53. The molecule has 1 amide bonds. The minimum atomic E-state index is -0.371. The van der Waals surface area contributed by atoms with Crippen LogP contribution >= 0.6 is 0 Å². The molecule has 0 spiro atoms. The van der Waals surface area contributed by atoms with Gasteiger partial charge in [-0.2, -0.15) is 0 Å². The first-order valence-corrected chi connectivity index (χ1v) is 10.4. The Morgan fingerprint density at radius 2 is 1.63 bits per heavy atom. The summed E-state index contributed by atoms with van der Waals surface area (Å²) >= 11 is 0. The number of hydrogen-bond acceptors (Lipinski definition) is 3. The third-order valence-corrected chi connectivity index (χ3v) is 5.65. The maximum atomic E-state index is 13.1. The lowest BCUT2D eigenvalue weighted by Crippen LogP contribution is -2.20. The quantitative estimate of drug-likeness (QED) is 0.567. The molecule has 0 bridgehead atoms. The normalized spacial score (nSPS) is 13.7. The largest absolute Gasteiger partial charge is 0.457 e. The zero-order valence-electron chi connectivity index (χ0n) is 17.4. The van der Waals surface area contributed by atoms with Crippen LogP contribution in [0.15, 0.2) is 66.7 Å². The first-order chi connectivity index (χ1) is 14.5. The number of carbonyl (C=O) groups excluding carboxylic acids is 1. The summed E-state index contributed by atoms with van der Waals surface area (Å²) in [6.45, 7) is 3.79. The lowest BCUT2D eigenvalue weighted by molar-refractivity contribution is -0.116. The molecule has 0 aromatic heterocycles. The van der Waals surface area contributed by atoms with Gasteiger partial charge in [-0.15, -0.1) is 0 Å². The van der Waals surface area contributed by atoms with Gasteiger partial charge in [-0.1, -0.05) is 54.6 Å². The lowest BCUT2D eigenvalue weighted by Gasteiger charge is -2.28. The van der Waals surface area contributed by atoms with E-state index in [1.807, 2.05) is 73.7 Å². The number of aliphatic hydroxyl groups excluding tert-OH is 1. The van der Waals surface area contributed by atoms with E-state index in [1.165, 1.54) is 0 Å². The van der Waals surface area contributed by atoms with Crippen molar-refractivity contribution in [2.24, 2.45) is 0 Å². The van der Waals surface area contributed by atoms with Crippen molar-refractivity contribution in [3.63, 3.8) is 0 Å². The molecular weight excluding hydrogens is 374 g/mol. The van der Waals surface area contributed by atoms with Gasteiger partial charge < -0.3 is 15.2 Å². The molecule has 1 heterocycles. The Morgan fingerprint density at radius 1 is 1.00 bits per heavy atom. The van der Waals surface area contributed by atoms with Gasteiger partial charge in [0.15, 0.2) is 0 Å². The minimum Gasteiger partial charge on any atom is -0.457 e. The maximum absolute atomic E-state index is 13.1.